The molecule has 134 valence electrons. The molecule has 0 unspecified atom stereocenters. The SMILES string of the molecule is CCCC1CCC(NCCN(C(=O)OC(C)(C)C)C2CC2)CC1. The molecule has 0 atom stereocenters. The van der Waals surface area contributed by atoms with Crippen LogP contribution in [-0.4, -0.2) is 41.8 Å². The highest BCUT2D eigenvalue weighted by Gasteiger charge is 2.35. The zero-order valence-corrected chi connectivity index (χ0v) is 15.6. The fourth-order valence-corrected chi connectivity index (χ4v) is 3.58. The molecule has 2 aliphatic rings. The molecule has 2 aliphatic carbocycles. The topological polar surface area (TPSA) is 41.6 Å². The van der Waals surface area contributed by atoms with Crippen LogP contribution in [0, 0.1) is 5.92 Å². The third-order valence-corrected chi connectivity index (χ3v) is 4.95. The van der Waals surface area contributed by atoms with Crippen LogP contribution in [0.1, 0.15) is 79.1 Å². The van der Waals surface area contributed by atoms with E-state index in [9.17, 15) is 4.79 Å². The van der Waals surface area contributed by atoms with Crippen molar-refractivity contribution in [2.75, 3.05) is 13.1 Å². The van der Waals surface area contributed by atoms with E-state index in [1.165, 1.54) is 38.5 Å². The quantitative estimate of drug-likeness (QED) is 0.757. The van der Waals surface area contributed by atoms with Gasteiger partial charge in [-0.1, -0.05) is 19.8 Å². The largest absolute Gasteiger partial charge is 0.444 e. The van der Waals surface area contributed by atoms with E-state index >= 15 is 0 Å². The Morgan fingerprint density at radius 2 is 1.78 bits per heavy atom. The highest BCUT2D eigenvalue weighted by atomic mass is 16.6. The molecule has 2 fully saturated rings. The Morgan fingerprint density at radius 3 is 2.30 bits per heavy atom. The Labute approximate surface area is 142 Å². The average Bonchev–Trinajstić information content (AvgIpc) is 3.28. The van der Waals surface area contributed by atoms with Crippen LogP contribution in [0.4, 0.5) is 4.79 Å². The normalized spacial score (nSPS) is 25.2. The lowest BCUT2D eigenvalue weighted by Gasteiger charge is -2.31. The summed E-state index contributed by atoms with van der Waals surface area (Å²) >= 11 is 0. The van der Waals surface area contributed by atoms with Gasteiger partial charge in [0.2, 0.25) is 0 Å². The Hall–Kier alpha value is -0.770. The minimum absolute atomic E-state index is 0.145. The van der Waals surface area contributed by atoms with Gasteiger partial charge < -0.3 is 15.0 Å². The molecule has 0 saturated heterocycles. The van der Waals surface area contributed by atoms with Gasteiger partial charge in [0.05, 0.1) is 0 Å². The number of ether oxygens (including phenoxy) is 1. The predicted molar refractivity (Wildman–Crippen MR) is 94.6 cm³/mol. The molecule has 0 heterocycles. The molecule has 0 radical (unpaired) electrons. The van der Waals surface area contributed by atoms with E-state index in [4.69, 9.17) is 4.74 Å². The molecule has 2 rings (SSSR count). The number of hydrogen-bond donors (Lipinski definition) is 1. The number of rotatable bonds is 7. The van der Waals surface area contributed by atoms with Crippen molar-refractivity contribution in [1.29, 1.82) is 0 Å². The second kappa shape index (κ2) is 8.36. The second-order valence-electron chi connectivity index (χ2n) is 8.37. The summed E-state index contributed by atoms with van der Waals surface area (Å²) in [4.78, 5) is 14.2. The summed E-state index contributed by atoms with van der Waals surface area (Å²) in [6.45, 7) is 9.75. The van der Waals surface area contributed by atoms with Crippen LogP contribution in [0.5, 0.6) is 0 Å². The number of carbonyl (C=O) groups excluding carboxylic acids is 1. The van der Waals surface area contributed by atoms with Gasteiger partial charge in [0.1, 0.15) is 5.60 Å². The van der Waals surface area contributed by atoms with Gasteiger partial charge in [-0.25, -0.2) is 4.79 Å². The van der Waals surface area contributed by atoms with Gasteiger partial charge in [0, 0.05) is 25.2 Å². The van der Waals surface area contributed by atoms with Crippen LogP contribution in [0.25, 0.3) is 0 Å². The van der Waals surface area contributed by atoms with Gasteiger partial charge in [0.15, 0.2) is 0 Å². The summed E-state index contributed by atoms with van der Waals surface area (Å²) in [7, 11) is 0. The molecule has 1 N–H and O–H groups in total. The van der Waals surface area contributed by atoms with Crippen LogP contribution < -0.4 is 5.32 Å². The lowest BCUT2D eigenvalue weighted by Crippen LogP contribution is -2.44. The molecule has 2 saturated carbocycles. The lowest BCUT2D eigenvalue weighted by molar-refractivity contribution is 0.0234. The molecule has 0 spiro atoms. The summed E-state index contributed by atoms with van der Waals surface area (Å²) in [6, 6.07) is 1.05. The highest BCUT2D eigenvalue weighted by Crippen LogP contribution is 2.29. The summed E-state index contributed by atoms with van der Waals surface area (Å²) < 4.78 is 5.54. The van der Waals surface area contributed by atoms with Crippen LogP contribution in [-0.2, 0) is 4.74 Å². The van der Waals surface area contributed by atoms with Crippen LogP contribution >= 0.6 is 0 Å². The molecule has 0 aromatic rings. The van der Waals surface area contributed by atoms with Crippen molar-refractivity contribution in [3.05, 3.63) is 0 Å². The van der Waals surface area contributed by atoms with Crippen molar-refractivity contribution in [1.82, 2.24) is 10.2 Å². The van der Waals surface area contributed by atoms with E-state index in [1.807, 2.05) is 25.7 Å². The van der Waals surface area contributed by atoms with Gasteiger partial charge in [-0.3, -0.25) is 0 Å². The molecular weight excluding hydrogens is 288 g/mol. The van der Waals surface area contributed by atoms with Crippen molar-refractivity contribution in [3.63, 3.8) is 0 Å². The van der Waals surface area contributed by atoms with E-state index in [0.717, 1.165) is 31.8 Å². The van der Waals surface area contributed by atoms with Crippen molar-refractivity contribution in [3.8, 4) is 0 Å². The van der Waals surface area contributed by atoms with Gasteiger partial charge in [0.25, 0.3) is 0 Å². The van der Waals surface area contributed by atoms with Crippen molar-refractivity contribution < 1.29 is 9.53 Å². The van der Waals surface area contributed by atoms with E-state index < -0.39 is 5.60 Å². The fraction of sp³-hybridized carbons (Fsp3) is 0.947. The molecule has 4 nitrogen and oxygen atoms in total. The first-order chi connectivity index (χ1) is 10.9. The third kappa shape index (κ3) is 6.70. The van der Waals surface area contributed by atoms with Crippen molar-refractivity contribution >= 4 is 6.09 Å². The smallest absolute Gasteiger partial charge is 0.410 e. The molecule has 1 amide bonds. The standard InChI is InChI=1S/C19H36N2O2/c1-5-6-15-7-9-16(10-8-15)20-13-14-21(17-11-12-17)18(22)23-19(2,3)4/h15-17,20H,5-14H2,1-4H3. The molecule has 0 bridgehead atoms. The number of nitrogens with one attached hydrogen (secondary N) is 1. The fourth-order valence-electron chi connectivity index (χ4n) is 3.58. The predicted octanol–water partition coefficient (Wildman–Crippen LogP) is 4.33. The maximum absolute atomic E-state index is 12.3. The van der Waals surface area contributed by atoms with Gasteiger partial charge >= 0.3 is 6.09 Å². The van der Waals surface area contributed by atoms with Crippen LogP contribution in [0.15, 0.2) is 0 Å². The van der Waals surface area contributed by atoms with E-state index in [2.05, 4.69) is 12.2 Å². The number of hydrogen-bond acceptors (Lipinski definition) is 3. The Kier molecular flexibility index (Phi) is 6.75. The Morgan fingerprint density at radius 1 is 1.13 bits per heavy atom. The highest BCUT2D eigenvalue weighted by molar-refractivity contribution is 5.69. The molecule has 0 aliphatic heterocycles. The molecule has 0 aromatic heterocycles. The van der Waals surface area contributed by atoms with Gasteiger partial charge in [-0.15, -0.1) is 0 Å². The summed E-state index contributed by atoms with van der Waals surface area (Å²) in [5, 5.41) is 3.67. The van der Waals surface area contributed by atoms with Crippen molar-refractivity contribution in [2.45, 2.75) is 96.7 Å². The average molecular weight is 325 g/mol. The molecule has 4 heteroatoms. The number of amides is 1. The number of carbonyl (C=O) groups is 1. The Balaban J connectivity index is 1.68. The summed E-state index contributed by atoms with van der Waals surface area (Å²) in [5.74, 6) is 0.947. The van der Waals surface area contributed by atoms with Crippen molar-refractivity contribution in [2.24, 2.45) is 5.92 Å². The third-order valence-electron chi connectivity index (χ3n) is 4.95. The first-order valence-electron chi connectivity index (χ1n) is 9.62. The zero-order valence-electron chi connectivity index (χ0n) is 15.6. The van der Waals surface area contributed by atoms with Crippen LogP contribution in [0.3, 0.4) is 0 Å². The molecular formula is C19H36N2O2. The monoisotopic (exact) mass is 324 g/mol. The minimum atomic E-state index is -0.407. The van der Waals surface area contributed by atoms with E-state index in [1.54, 1.807) is 0 Å². The van der Waals surface area contributed by atoms with Gasteiger partial charge in [-0.05, 0) is 65.2 Å². The first-order valence-corrected chi connectivity index (χ1v) is 9.62. The van der Waals surface area contributed by atoms with E-state index in [-0.39, 0.29) is 6.09 Å². The maximum Gasteiger partial charge on any atom is 0.410 e. The maximum atomic E-state index is 12.3. The lowest BCUT2D eigenvalue weighted by atomic mass is 9.83. The Bertz CT molecular complexity index is 366. The minimum Gasteiger partial charge on any atom is -0.444 e. The second-order valence-corrected chi connectivity index (χ2v) is 8.37. The zero-order chi connectivity index (χ0) is 16.9. The van der Waals surface area contributed by atoms with Crippen LogP contribution in [0.2, 0.25) is 0 Å². The number of nitrogens with zero attached hydrogens (tertiary/aromatic N) is 1. The van der Waals surface area contributed by atoms with Gasteiger partial charge in [-0.2, -0.15) is 0 Å². The van der Waals surface area contributed by atoms with E-state index in [0.29, 0.717) is 12.1 Å². The summed E-state index contributed by atoms with van der Waals surface area (Å²) in [5.41, 5.74) is -0.407. The summed E-state index contributed by atoms with van der Waals surface area (Å²) in [6.07, 6.45) is 10.1. The molecule has 0 aromatic carbocycles. The first kappa shape index (κ1) is 18.6. The molecule has 23 heavy (non-hydrogen) atoms.